The Morgan fingerprint density at radius 3 is 2.51 bits per heavy atom. The van der Waals surface area contributed by atoms with Crippen LogP contribution in [0.4, 0.5) is 27.8 Å². The van der Waals surface area contributed by atoms with Crippen molar-refractivity contribution in [3.8, 4) is 0 Å². The molecule has 0 aliphatic carbocycles. The fourth-order valence-electron chi connectivity index (χ4n) is 4.27. The predicted octanol–water partition coefficient (Wildman–Crippen LogP) is 3.59. The van der Waals surface area contributed by atoms with Gasteiger partial charge in [-0.05, 0) is 31.0 Å². The molecule has 194 valence electrons. The van der Waals surface area contributed by atoms with Gasteiger partial charge in [0.05, 0.1) is 17.5 Å². The number of carbonyl (C=O) groups excluding carboxylic acids is 1. The smallest absolute Gasteiger partial charge is 0.309 e. The van der Waals surface area contributed by atoms with Crippen molar-refractivity contribution in [2.24, 2.45) is 9.98 Å². The lowest BCUT2D eigenvalue weighted by molar-refractivity contribution is -0.283. The number of benzene rings is 1. The summed E-state index contributed by atoms with van der Waals surface area (Å²) in [5, 5.41) is 4.33. The second-order valence-electron chi connectivity index (χ2n) is 8.67. The van der Waals surface area contributed by atoms with Gasteiger partial charge in [0.1, 0.15) is 23.6 Å². The van der Waals surface area contributed by atoms with E-state index < -0.39 is 41.8 Å². The lowest BCUT2D eigenvalue weighted by Crippen LogP contribution is -2.41. The van der Waals surface area contributed by atoms with Crippen molar-refractivity contribution >= 4 is 40.6 Å². The number of nitrogens with one attached hydrogen (secondary N) is 3. The number of aromatic amines is 1. The van der Waals surface area contributed by atoms with E-state index in [0.29, 0.717) is 10.6 Å². The van der Waals surface area contributed by atoms with E-state index in [0.717, 1.165) is 0 Å². The van der Waals surface area contributed by atoms with Gasteiger partial charge in [-0.25, -0.2) is 20.4 Å². The number of alkyl halides is 5. The van der Waals surface area contributed by atoms with Crippen LogP contribution in [0.3, 0.4) is 0 Å². The van der Waals surface area contributed by atoms with Crippen molar-refractivity contribution in [2.75, 3.05) is 12.0 Å². The van der Waals surface area contributed by atoms with Gasteiger partial charge in [0.25, 0.3) is 5.56 Å². The molecule has 3 aliphatic rings. The lowest BCUT2D eigenvalue weighted by atomic mass is 9.78. The van der Waals surface area contributed by atoms with Crippen LogP contribution in [0.1, 0.15) is 36.7 Å². The van der Waals surface area contributed by atoms with Crippen LogP contribution >= 0.6 is 11.6 Å². The summed E-state index contributed by atoms with van der Waals surface area (Å²) >= 11 is 5.94. The number of hydrazine groups is 1. The molecule has 5 rings (SSSR count). The minimum absolute atomic E-state index is 0.0312. The molecule has 1 amide bonds. The molecule has 0 saturated carbocycles. The van der Waals surface area contributed by atoms with E-state index in [1.807, 2.05) is 0 Å². The fourth-order valence-corrected chi connectivity index (χ4v) is 4.40. The molecule has 0 radical (unpaired) electrons. The number of anilines is 1. The molecule has 0 bridgehead atoms. The van der Waals surface area contributed by atoms with Crippen molar-refractivity contribution < 1.29 is 26.7 Å². The molecule has 0 spiro atoms. The molecule has 0 fully saturated rings. The summed E-state index contributed by atoms with van der Waals surface area (Å²) in [4.78, 5) is 41.2. The van der Waals surface area contributed by atoms with Gasteiger partial charge in [0.15, 0.2) is 11.7 Å². The van der Waals surface area contributed by atoms with Crippen LogP contribution in [-0.2, 0) is 10.2 Å². The highest BCUT2D eigenvalue weighted by Crippen LogP contribution is 2.41. The van der Waals surface area contributed by atoms with Crippen LogP contribution in [0, 0.1) is 0 Å². The zero-order valence-electron chi connectivity index (χ0n) is 18.9. The first-order valence-corrected chi connectivity index (χ1v) is 11.2. The number of amidine groups is 1. The second kappa shape index (κ2) is 8.45. The summed E-state index contributed by atoms with van der Waals surface area (Å²) in [6.07, 6.45) is -6.64. The summed E-state index contributed by atoms with van der Waals surface area (Å²) in [6.45, 7) is 1.60. The van der Waals surface area contributed by atoms with Crippen molar-refractivity contribution in [3.05, 3.63) is 62.8 Å². The molecule has 37 heavy (non-hydrogen) atoms. The normalized spacial score (nSPS) is 21.2. The Balaban J connectivity index is 1.52. The molecular weight excluding hydrogens is 525 g/mol. The Bertz CT molecular complexity index is 1450. The Hall–Kier alpha value is -3.65. The maximum Gasteiger partial charge on any atom is 0.453 e. The summed E-state index contributed by atoms with van der Waals surface area (Å²) in [5.74, 6) is -5.51. The van der Waals surface area contributed by atoms with E-state index >= 15 is 0 Å². The van der Waals surface area contributed by atoms with E-state index in [9.17, 15) is 31.5 Å². The number of nitrogens with zero attached hydrogens (tertiary/aromatic N) is 4. The van der Waals surface area contributed by atoms with E-state index in [4.69, 9.17) is 11.6 Å². The maximum absolute atomic E-state index is 13.6. The quantitative estimate of drug-likeness (QED) is 0.501. The van der Waals surface area contributed by atoms with E-state index in [-0.39, 0.29) is 41.1 Å². The van der Waals surface area contributed by atoms with Gasteiger partial charge in [-0.15, -0.1) is 0 Å². The number of fused-ring (bicyclic) bond motifs is 2. The summed E-state index contributed by atoms with van der Waals surface area (Å²) in [5.41, 5.74) is 1.12. The molecule has 1 atom stereocenters. The third-order valence-electron chi connectivity index (χ3n) is 6.32. The largest absolute Gasteiger partial charge is 0.453 e. The van der Waals surface area contributed by atoms with Crippen LogP contribution in [-0.4, -0.2) is 51.2 Å². The molecule has 0 saturated heterocycles. The van der Waals surface area contributed by atoms with Crippen molar-refractivity contribution in [1.82, 2.24) is 20.4 Å². The first kappa shape index (κ1) is 25.0. The van der Waals surface area contributed by atoms with Gasteiger partial charge in [-0.3, -0.25) is 14.6 Å². The van der Waals surface area contributed by atoms with Crippen LogP contribution in [0.15, 0.2) is 45.2 Å². The average molecular weight is 542 g/mol. The minimum Gasteiger partial charge on any atom is -0.309 e. The van der Waals surface area contributed by atoms with Gasteiger partial charge in [-0.1, -0.05) is 23.7 Å². The number of aromatic nitrogens is 2. The second-order valence-corrected chi connectivity index (χ2v) is 9.10. The number of amides is 1. The molecule has 15 heteroatoms. The van der Waals surface area contributed by atoms with Crippen molar-refractivity contribution in [2.45, 2.75) is 37.3 Å². The van der Waals surface area contributed by atoms with Crippen LogP contribution in [0.5, 0.6) is 0 Å². The van der Waals surface area contributed by atoms with Gasteiger partial charge in [0, 0.05) is 11.4 Å². The van der Waals surface area contributed by atoms with E-state index in [1.165, 1.54) is 11.2 Å². The molecule has 1 unspecified atom stereocenters. The van der Waals surface area contributed by atoms with Crippen LogP contribution < -0.4 is 16.3 Å². The van der Waals surface area contributed by atoms with Crippen LogP contribution in [0.2, 0.25) is 5.02 Å². The Morgan fingerprint density at radius 2 is 1.84 bits per heavy atom. The Morgan fingerprint density at radius 1 is 1.14 bits per heavy atom. The molecule has 3 aliphatic heterocycles. The third-order valence-corrected chi connectivity index (χ3v) is 6.58. The topological polar surface area (TPSA) is 115 Å². The number of aliphatic imine (C=N–C) groups is 2. The highest BCUT2D eigenvalue weighted by Gasteiger charge is 2.57. The van der Waals surface area contributed by atoms with E-state index in [2.05, 4.69) is 30.7 Å². The minimum atomic E-state index is -5.71. The average Bonchev–Trinajstić information content (AvgIpc) is 3.40. The summed E-state index contributed by atoms with van der Waals surface area (Å²) < 4.78 is 65.1. The van der Waals surface area contributed by atoms with Gasteiger partial charge < -0.3 is 10.3 Å². The molecule has 9 nitrogen and oxygen atoms in total. The summed E-state index contributed by atoms with van der Waals surface area (Å²) in [7, 11) is 0. The first-order valence-electron chi connectivity index (χ1n) is 10.9. The number of hydrogen-bond donors (Lipinski definition) is 3. The van der Waals surface area contributed by atoms with E-state index in [1.54, 1.807) is 31.2 Å². The van der Waals surface area contributed by atoms with Crippen molar-refractivity contribution in [1.29, 1.82) is 0 Å². The SMILES string of the molecule is CC1(c2ccc(Cl)cc2)C(=O)Nc2nc(C3=CN4NCN=C4C(CCC(F)(F)C(F)(F)F)=N3)[nH]c(=O)c21. The highest BCUT2D eigenvalue weighted by atomic mass is 35.5. The maximum atomic E-state index is 13.6. The number of carbonyl (C=O) groups is 1. The highest BCUT2D eigenvalue weighted by molar-refractivity contribution is 6.43. The molecule has 3 N–H and O–H groups in total. The molecular formula is C22H17ClF5N7O2. The molecule has 2 aromatic rings. The number of hydrogen-bond acceptors (Lipinski definition) is 7. The number of H-pyrrole nitrogens is 1. The predicted molar refractivity (Wildman–Crippen MR) is 124 cm³/mol. The first-order chi connectivity index (χ1) is 17.3. The van der Waals surface area contributed by atoms with Gasteiger partial charge >= 0.3 is 12.1 Å². The standard InChI is InChI=1S/C22H17ClF5N7O2/c1-20(10-2-4-11(23)5-3-10)14-16(34-19(20)37)32-15(33-18(14)36)13-8-35-17(29-9-30-35)12(31-13)6-7-21(24,25)22(26,27)28/h2-5,8,30H,6-7,9H2,1H3,(H2,32,33,34,36,37). The molecule has 4 heterocycles. The van der Waals surface area contributed by atoms with Crippen molar-refractivity contribution in [3.63, 3.8) is 0 Å². The number of rotatable bonds is 5. The third kappa shape index (κ3) is 4.09. The van der Waals surface area contributed by atoms with Gasteiger partial charge in [-0.2, -0.15) is 22.0 Å². The Labute approximate surface area is 210 Å². The Kier molecular flexibility index (Phi) is 5.71. The zero-order chi connectivity index (χ0) is 26.8. The zero-order valence-corrected chi connectivity index (χ0v) is 19.6. The lowest BCUT2D eigenvalue weighted by Gasteiger charge is -2.25. The fraction of sp³-hybridized carbons (Fsp3) is 0.318. The van der Waals surface area contributed by atoms with Crippen LogP contribution in [0.25, 0.3) is 5.70 Å². The summed E-state index contributed by atoms with van der Waals surface area (Å²) in [6, 6.07) is 6.39. The monoisotopic (exact) mass is 541 g/mol. The number of halogens is 6. The van der Waals surface area contributed by atoms with Gasteiger partial charge in [0.2, 0.25) is 5.91 Å². The molecule has 1 aromatic carbocycles. The molecule has 1 aromatic heterocycles.